The highest BCUT2D eigenvalue weighted by Crippen LogP contribution is 2.27. The molecule has 1 fully saturated rings. The lowest BCUT2D eigenvalue weighted by atomic mass is 10.1. The summed E-state index contributed by atoms with van der Waals surface area (Å²) in [6, 6.07) is 13.0. The Bertz CT molecular complexity index is 811. The van der Waals surface area contributed by atoms with Crippen molar-refractivity contribution < 1.29 is 9.59 Å². The summed E-state index contributed by atoms with van der Waals surface area (Å²) in [6.07, 6.45) is 2.88. The van der Waals surface area contributed by atoms with Crippen LogP contribution < -0.4 is 15.5 Å². The summed E-state index contributed by atoms with van der Waals surface area (Å²) in [5, 5.41) is 5.72. The Balaban J connectivity index is 1.70. The second kappa shape index (κ2) is 8.04. The average Bonchev–Trinajstić information content (AvgIpc) is 3.16. The zero-order valence-corrected chi connectivity index (χ0v) is 15.3. The highest BCUT2D eigenvalue weighted by atomic mass is 16.2. The van der Waals surface area contributed by atoms with Crippen LogP contribution in [-0.2, 0) is 4.79 Å². The van der Waals surface area contributed by atoms with Gasteiger partial charge in [0.05, 0.1) is 0 Å². The lowest BCUT2D eigenvalue weighted by Crippen LogP contribution is -2.19. The van der Waals surface area contributed by atoms with E-state index in [9.17, 15) is 9.59 Å². The van der Waals surface area contributed by atoms with Crippen molar-refractivity contribution >= 4 is 28.9 Å². The monoisotopic (exact) mass is 351 g/mol. The number of nitrogens with one attached hydrogen (secondary N) is 2. The van der Waals surface area contributed by atoms with Crippen LogP contribution in [0.2, 0.25) is 0 Å². The molecular weight excluding hydrogens is 326 g/mol. The van der Waals surface area contributed by atoms with Crippen LogP contribution in [0.4, 0.5) is 17.1 Å². The molecule has 2 N–H and O–H groups in total. The van der Waals surface area contributed by atoms with Crippen LogP contribution in [-0.4, -0.2) is 24.9 Å². The minimum absolute atomic E-state index is 0.0734. The smallest absolute Gasteiger partial charge is 0.255 e. The maximum absolute atomic E-state index is 12.5. The van der Waals surface area contributed by atoms with Gasteiger partial charge in [-0.05, 0) is 61.7 Å². The largest absolute Gasteiger partial charge is 0.371 e. The van der Waals surface area contributed by atoms with Gasteiger partial charge >= 0.3 is 0 Å². The van der Waals surface area contributed by atoms with Crippen molar-refractivity contribution in [2.45, 2.75) is 33.1 Å². The predicted octanol–water partition coefficient (Wildman–Crippen LogP) is 4.20. The summed E-state index contributed by atoms with van der Waals surface area (Å²) < 4.78 is 0. The molecule has 5 heteroatoms. The molecule has 1 saturated heterocycles. The third-order valence-corrected chi connectivity index (χ3v) is 4.63. The molecule has 0 aliphatic carbocycles. The molecule has 136 valence electrons. The van der Waals surface area contributed by atoms with Crippen LogP contribution in [0.3, 0.4) is 0 Å². The summed E-state index contributed by atoms with van der Waals surface area (Å²) in [6.45, 7) is 6.07. The maximum Gasteiger partial charge on any atom is 0.255 e. The van der Waals surface area contributed by atoms with Gasteiger partial charge in [0, 0.05) is 42.1 Å². The second-order valence-electron chi connectivity index (χ2n) is 6.63. The standard InChI is InChI=1S/C21H25N3O2/c1-3-20(25)22-17-8-6-7-16(14-17)21(26)23-18-9-10-19(15(2)13-18)24-11-4-5-12-24/h6-10,13-14H,3-5,11-12H2,1-2H3,(H,22,25)(H,23,26). The Morgan fingerprint density at radius 3 is 2.42 bits per heavy atom. The van der Waals surface area contributed by atoms with E-state index >= 15 is 0 Å². The van der Waals surface area contributed by atoms with E-state index in [2.05, 4.69) is 28.5 Å². The Morgan fingerprint density at radius 2 is 1.73 bits per heavy atom. The van der Waals surface area contributed by atoms with E-state index in [1.54, 1.807) is 31.2 Å². The summed E-state index contributed by atoms with van der Waals surface area (Å²) >= 11 is 0. The molecule has 1 aliphatic rings. The normalized spacial score (nSPS) is 13.5. The molecule has 26 heavy (non-hydrogen) atoms. The average molecular weight is 351 g/mol. The van der Waals surface area contributed by atoms with E-state index in [0.29, 0.717) is 17.7 Å². The minimum Gasteiger partial charge on any atom is -0.371 e. The van der Waals surface area contributed by atoms with E-state index in [0.717, 1.165) is 24.3 Å². The lowest BCUT2D eigenvalue weighted by Gasteiger charge is -2.20. The fourth-order valence-electron chi connectivity index (χ4n) is 3.24. The number of hydrogen-bond acceptors (Lipinski definition) is 3. The van der Waals surface area contributed by atoms with Crippen LogP contribution in [0.15, 0.2) is 42.5 Å². The van der Waals surface area contributed by atoms with Gasteiger partial charge in [0.2, 0.25) is 5.91 Å². The van der Waals surface area contributed by atoms with Crippen LogP contribution in [0.25, 0.3) is 0 Å². The molecule has 1 heterocycles. The van der Waals surface area contributed by atoms with E-state index in [1.165, 1.54) is 18.5 Å². The zero-order chi connectivity index (χ0) is 18.5. The minimum atomic E-state index is -0.189. The number of anilines is 3. The van der Waals surface area contributed by atoms with Crippen molar-refractivity contribution in [1.82, 2.24) is 0 Å². The zero-order valence-electron chi connectivity index (χ0n) is 15.3. The fraction of sp³-hybridized carbons (Fsp3) is 0.333. The molecule has 0 saturated carbocycles. The molecule has 2 aromatic rings. The number of carbonyl (C=O) groups is 2. The SMILES string of the molecule is CCC(=O)Nc1cccc(C(=O)Nc2ccc(N3CCCC3)c(C)c2)c1. The van der Waals surface area contributed by atoms with Crippen molar-refractivity contribution in [3.63, 3.8) is 0 Å². The first-order valence-corrected chi connectivity index (χ1v) is 9.13. The van der Waals surface area contributed by atoms with Crippen molar-refractivity contribution in [1.29, 1.82) is 0 Å². The van der Waals surface area contributed by atoms with Crippen LogP contribution >= 0.6 is 0 Å². The Kier molecular flexibility index (Phi) is 5.56. The van der Waals surface area contributed by atoms with Crippen molar-refractivity contribution in [2.75, 3.05) is 28.6 Å². The van der Waals surface area contributed by atoms with E-state index in [-0.39, 0.29) is 11.8 Å². The van der Waals surface area contributed by atoms with Crippen LogP contribution in [0.5, 0.6) is 0 Å². The Morgan fingerprint density at radius 1 is 1.00 bits per heavy atom. The molecule has 2 aromatic carbocycles. The van der Waals surface area contributed by atoms with Gasteiger partial charge in [0.15, 0.2) is 0 Å². The van der Waals surface area contributed by atoms with Gasteiger partial charge in [-0.1, -0.05) is 13.0 Å². The summed E-state index contributed by atoms with van der Waals surface area (Å²) in [4.78, 5) is 26.4. The first-order chi connectivity index (χ1) is 12.6. The lowest BCUT2D eigenvalue weighted by molar-refractivity contribution is -0.115. The molecule has 5 nitrogen and oxygen atoms in total. The van der Waals surface area contributed by atoms with Crippen LogP contribution in [0.1, 0.15) is 42.1 Å². The first kappa shape index (κ1) is 18.0. The first-order valence-electron chi connectivity index (χ1n) is 9.13. The number of amides is 2. The quantitative estimate of drug-likeness (QED) is 0.849. The van der Waals surface area contributed by atoms with Gasteiger partial charge in [-0.25, -0.2) is 0 Å². The van der Waals surface area contributed by atoms with E-state index in [1.807, 2.05) is 12.1 Å². The van der Waals surface area contributed by atoms with E-state index in [4.69, 9.17) is 0 Å². The van der Waals surface area contributed by atoms with Gasteiger partial charge in [-0.2, -0.15) is 0 Å². The van der Waals surface area contributed by atoms with Crippen molar-refractivity contribution in [2.24, 2.45) is 0 Å². The van der Waals surface area contributed by atoms with Crippen molar-refractivity contribution in [3.8, 4) is 0 Å². The summed E-state index contributed by atoms with van der Waals surface area (Å²) in [5.74, 6) is -0.262. The fourth-order valence-corrected chi connectivity index (χ4v) is 3.24. The van der Waals surface area contributed by atoms with E-state index < -0.39 is 0 Å². The number of aryl methyl sites for hydroxylation is 1. The van der Waals surface area contributed by atoms with Gasteiger partial charge in [-0.3, -0.25) is 9.59 Å². The number of hydrogen-bond donors (Lipinski definition) is 2. The third kappa shape index (κ3) is 4.23. The molecule has 0 aromatic heterocycles. The Labute approximate surface area is 154 Å². The van der Waals surface area contributed by atoms with Gasteiger partial charge in [0.25, 0.3) is 5.91 Å². The van der Waals surface area contributed by atoms with Gasteiger partial charge < -0.3 is 15.5 Å². The number of rotatable bonds is 5. The predicted molar refractivity (Wildman–Crippen MR) is 106 cm³/mol. The second-order valence-corrected chi connectivity index (χ2v) is 6.63. The summed E-state index contributed by atoms with van der Waals surface area (Å²) in [5.41, 5.74) is 4.32. The molecule has 0 unspecified atom stereocenters. The molecule has 0 radical (unpaired) electrons. The van der Waals surface area contributed by atoms with Crippen molar-refractivity contribution in [3.05, 3.63) is 53.6 Å². The molecular formula is C21H25N3O2. The molecule has 1 aliphatic heterocycles. The van der Waals surface area contributed by atoms with Crippen LogP contribution in [0, 0.1) is 6.92 Å². The van der Waals surface area contributed by atoms with Gasteiger partial charge in [-0.15, -0.1) is 0 Å². The highest BCUT2D eigenvalue weighted by molar-refractivity contribution is 6.05. The van der Waals surface area contributed by atoms with Gasteiger partial charge in [0.1, 0.15) is 0 Å². The number of benzene rings is 2. The topological polar surface area (TPSA) is 61.4 Å². The molecule has 0 bridgehead atoms. The third-order valence-electron chi connectivity index (χ3n) is 4.63. The highest BCUT2D eigenvalue weighted by Gasteiger charge is 2.15. The number of nitrogens with zero attached hydrogens (tertiary/aromatic N) is 1. The summed E-state index contributed by atoms with van der Waals surface area (Å²) in [7, 11) is 0. The number of carbonyl (C=O) groups excluding carboxylic acids is 2. The maximum atomic E-state index is 12.5. The molecule has 3 rings (SSSR count). The Hall–Kier alpha value is -2.82. The molecule has 0 spiro atoms. The molecule has 0 atom stereocenters. The molecule has 2 amide bonds.